The van der Waals surface area contributed by atoms with Crippen LogP contribution in [0.5, 0.6) is 5.88 Å². The summed E-state index contributed by atoms with van der Waals surface area (Å²) in [4.78, 5) is 23.3. The van der Waals surface area contributed by atoms with E-state index in [1.165, 1.54) is 0 Å². The predicted octanol–water partition coefficient (Wildman–Crippen LogP) is 2.27. The number of aromatic nitrogens is 2. The van der Waals surface area contributed by atoms with Gasteiger partial charge in [-0.1, -0.05) is 6.07 Å². The first-order chi connectivity index (χ1) is 12.2. The minimum absolute atomic E-state index is 0.0634. The van der Waals surface area contributed by atoms with Gasteiger partial charge in [0.2, 0.25) is 5.88 Å². The Balaban J connectivity index is 1.48. The number of likely N-dealkylation sites (tertiary alicyclic amines) is 1. The molecule has 1 fully saturated rings. The molecule has 3 rings (SSSR count). The molecule has 3 heterocycles. The minimum Gasteiger partial charge on any atom is -0.478 e. The van der Waals surface area contributed by atoms with Crippen LogP contribution in [0.4, 0.5) is 0 Å². The van der Waals surface area contributed by atoms with Gasteiger partial charge in [0.1, 0.15) is 0 Å². The maximum Gasteiger partial charge on any atom is 0.251 e. The number of carbonyl (C=O) groups excluding carboxylic acids is 1. The van der Waals surface area contributed by atoms with Gasteiger partial charge in [0.25, 0.3) is 5.91 Å². The van der Waals surface area contributed by atoms with Gasteiger partial charge in [-0.25, -0.2) is 4.98 Å². The molecular formula is C19H24N4O2. The number of carbonyl (C=O) groups is 1. The highest BCUT2D eigenvalue weighted by Gasteiger charge is 2.21. The molecule has 25 heavy (non-hydrogen) atoms. The zero-order valence-corrected chi connectivity index (χ0v) is 14.5. The molecular weight excluding hydrogens is 316 g/mol. The Kier molecular flexibility index (Phi) is 5.95. The van der Waals surface area contributed by atoms with E-state index in [0.717, 1.165) is 38.2 Å². The number of nitrogens with one attached hydrogen (secondary N) is 1. The van der Waals surface area contributed by atoms with Gasteiger partial charge in [-0.05, 0) is 38.0 Å². The first-order valence-electron chi connectivity index (χ1n) is 8.76. The number of hydrogen-bond acceptors (Lipinski definition) is 5. The van der Waals surface area contributed by atoms with Crippen molar-refractivity contribution in [1.82, 2.24) is 20.2 Å². The summed E-state index contributed by atoms with van der Waals surface area (Å²) in [6.07, 6.45) is 5.33. The van der Waals surface area contributed by atoms with Gasteiger partial charge in [0, 0.05) is 49.7 Å². The third kappa shape index (κ3) is 5.00. The van der Waals surface area contributed by atoms with Crippen molar-refractivity contribution in [2.75, 3.05) is 19.7 Å². The topological polar surface area (TPSA) is 67.3 Å². The number of ether oxygens (including phenoxy) is 1. The molecule has 6 heteroatoms. The smallest absolute Gasteiger partial charge is 0.251 e. The van der Waals surface area contributed by atoms with E-state index in [9.17, 15) is 4.79 Å². The van der Waals surface area contributed by atoms with Gasteiger partial charge >= 0.3 is 0 Å². The number of rotatable bonds is 6. The Labute approximate surface area is 148 Å². The Morgan fingerprint density at radius 3 is 2.80 bits per heavy atom. The predicted molar refractivity (Wildman–Crippen MR) is 95.4 cm³/mol. The van der Waals surface area contributed by atoms with E-state index in [-0.39, 0.29) is 11.9 Å². The van der Waals surface area contributed by atoms with E-state index in [0.29, 0.717) is 18.1 Å². The van der Waals surface area contributed by atoms with Crippen molar-refractivity contribution in [3.63, 3.8) is 0 Å². The Morgan fingerprint density at radius 1 is 1.24 bits per heavy atom. The average Bonchev–Trinajstić information content (AvgIpc) is 2.65. The van der Waals surface area contributed by atoms with Crippen molar-refractivity contribution >= 4 is 5.91 Å². The molecule has 6 nitrogen and oxygen atoms in total. The second kappa shape index (κ2) is 8.58. The molecule has 0 atom stereocenters. The molecule has 0 radical (unpaired) electrons. The Morgan fingerprint density at radius 2 is 2.08 bits per heavy atom. The third-order valence-electron chi connectivity index (χ3n) is 4.32. The van der Waals surface area contributed by atoms with Crippen molar-refractivity contribution in [1.29, 1.82) is 0 Å². The summed E-state index contributed by atoms with van der Waals surface area (Å²) in [6.45, 7) is 5.22. The highest BCUT2D eigenvalue weighted by atomic mass is 16.5. The van der Waals surface area contributed by atoms with Crippen LogP contribution in [-0.2, 0) is 6.54 Å². The van der Waals surface area contributed by atoms with Crippen LogP contribution in [0.15, 0.2) is 42.7 Å². The number of hydrogen-bond donors (Lipinski definition) is 1. The molecule has 1 N–H and O–H groups in total. The molecule has 0 spiro atoms. The molecule has 0 bridgehead atoms. The van der Waals surface area contributed by atoms with Crippen LogP contribution in [0.2, 0.25) is 0 Å². The molecule has 0 saturated carbocycles. The minimum atomic E-state index is -0.0634. The summed E-state index contributed by atoms with van der Waals surface area (Å²) in [5.74, 6) is 0.423. The SMILES string of the molecule is CCOc1cc(C(=O)NC2CCN(Cc3ccccn3)CC2)ccn1. The van der Waals surface area contributed by atoms with Gasteiger partial charge in [-0.3, -0.25) is 14.7 Å². The van der Waals surface area contributed by atoms with Crippen molar-refractivity contribution in [2.24, 2.45) is 0 Å². The molecule has 2 aromatic heterocycles. The summed E-state index contributed by atoms with van der Waals surface area (Å²) in [7, 11) is 0. The summed E-state index contributed by atoms with van der Waals surface area (Å²) in [5, 5.41) is 3.12. The molecule has 0 aromatic carbocycles. The summed E-state index contributed by atoms with van der Waals surface area (Å²) in [6, 6.07) is 9.61. The van der Waals surface area contributed by atoms with Gasteiger partial charge in [-0.15, -0.1) is 0 Å². The van der Waals surface area contributed by atoms with Crippen LogP contribution < -0.4 is 10.1 Å². The normalized spacial score (nSPS) is 15.7. The van der Waals surface area contributed by atoms with E-state index in [1.807, 2.05) is 31.3 Å². The number of nitrogens with zero attached hydrogens (tertiary/aromatic N) is 3. The van der Waals surface area contributed by atoms with Gasteiger partial charge < -0.3 is 10.1 Å². The first kappa shape index (κ1) is 17.4. The van der Waals surface area contributed by atoms with Crippen LogP contribution in [0.25, 0.3) is 0 Å². The van der Waals surface area contributed by atoms with Crippen LogP contribution in [0.3, 0.4) is 0 Å². The highest BCUT2D eigenvalue weighted by Crippen LogP contribution is 2.15. The zero-order chi connectivity index (χ0) is 17.5. The van der Waals surface area contributed by atoms with E-state index < -0.39 is 0 Å². The lowest BCUT2D eigenvalue weighted by atomic mass is 10.0. The molecule has 0 aliphatic carbocycles. The second-order valence-corrected chi connectivity index (χ2v) is 6.16. The molecule has 1 amide bonds. The van der Waals surface area contributed by atoms with E-state index in [2.05, 4.69) is 20.2 Å². The fourth-order valence-corrected chi connectivity index (χ4v) is 3.00. The fourth-order valence-electron chi connectivity index (χ4n) is 3.00. The summed E-state index contributed by atoms with van der Waals surface area (Å²) >= 11 is 0. The lowest BCUT2D eigenvalue weighted by Crippen LogP contribution is -2.44. The zero-order valence-electron chi connectivity index (χ0n) is 14.5. The standard InChI is InChI=1S/C19H24N4O2/c1-2-25-18-13-15(6-10-21-18)19(24)22-16-7-11-23(12-8-16)14-17-5-3-4-9-20-17/h3-6,9-10,13,16H,2,7-8,11-12,14H2,1H3,(H,22,24). The van der Waals surface area contributed by atoms with Gasteiger partial charge in [0.15, 0.2) is 0 Å². The summed E-state index contributed by atoms with van der Waals surface area (Å²) < 4.78 is 5.35. The lowest BCUT2D eigenvalue weighted by molar-refractivity contribution is 0.0908. The maximum atomic E-state index is 12.4. The molecule has 2 aromatic rings. The second-order valence-electron chi connectivity index (χ2n) is 6.16. The molecule has 1 aliphatic heterocycles. The molecule has 1 saturated heterocycles. The van der Waals surface area contributed by atoms with Crippen LogP contribution in [-0.4, -0.2) is 46.5 Å². The van der Waals surface area contributed by atoms with Crippen molar-refractivity contribution in [2.45, 2.75) is 32.4 Å². The molecule has 0 unspecified atom stereocenters. The molecule has 132 valence electrons. The number of pyridine rings is 2. The van der Waals surface area contributed by atoms with Crippen LogP contribution >= 0.6 is 0 Å². The van der Waals surface area contributed by atoms with Crippen molar-refractivity contribution in [3.8, 4) is 5.88 Å². The van der Waals surface area contributed by atoms with E-state index >= 15 is 0 Å². The Bertz CT molecular complexity index is 685. The number of piperidine rings is 1. The van der Waals surface area contributed by atoms with Gasteiger partial charge in [-0.2, -0.15) is 0 Å². The largest absolute Gasteiger partial charge is 0.478 e. The number of amides is 1. The maximum absolute atomic E-state index is 12.4. The monoisotopic (exact) mass is 340 g/mol. The van der Waals surface area contributed by atoms with Gasteiger partial charge in [0.05, 0.1) is 12.3 Å². The van der Waals surface area contributed by atoms with Crippen molar-refractivity contribution in [3.05, 3.63) is 54.0 Å². The van der Waals surface area contributed by atoms with Crippen molar-refractivity contribution < 1.29 is 9.53 Å². The summed E-state index contributed by atoms with van der Waals surface area (Å²) in [5.41, 5.74) is 1.68. The fraction of sp³-hybridized carbons (Fsp3) is 0.421. The molecule has 1 aliphatic rings. The van der Waals surface area contributed by atoms with Crippen LogP contribution in [0.1, 0.15) is 35.8 Å². The first-order valence-corrected chi connectivity index (χ1v) is 8.76. The highest BCUT2D eigenvalue weighted by molar-refractivity contribution is 5.94. The Hall–Kier alpha value is -2.47. The third-order valence-corrected chi connectivity index (χ3v) is 4.32. The van der Waals surface area contributed by atoms with Crippen LogP contribution in [0, 0.1) is 0 Å². The average molecular weight is 340 g/mol. The quantitative estimate of drug-likeness (QED) is 0.874. The van der Waals surface area contributed by atoms with E-state index in [1.54, 1.807) is 18.3 Å². The van der Waals surface area contributed by atoms with E-state index in [4.69, 9.17) is 4.74 Å². The lowest BCUT2D eigenvalue weighted by Gasteiger charge is -2.32.